The second-order valence-corrected chi connectivity index (χ2v) is 6.72. The molecule has 3 aromatic carbocycles. The SMILES string of the molecule is Cc1cc(CC(C)(c2ccc(O)cc2)c2ccc(O)cc2)ccc1O. The summed E-state index contributed by atoms with van der Waals surface area (Å²) < 4.78 is 0. The van der Waals surface area contributed by atoms with E-state index in [0.717, 1.165) is 28.7 Å². The Bertz CT molecular complexity index is 819. The zero-order valence-corrected chi connectivity index (χ0v) is 14.4. The van der Waals surface area contributed by atoms with Crippen LogP contribution in [0.5, 0.6) is 17.2 Å². The van der Waals surface area contributed by atoms with Crippen molar-refractivity contribution < 1.29 is 15.3 Å². The van der Waals surface area contributed by atoms with E-state index >= 15 is 0 Å². The molecular weight excluding hydrogens is 312 g/mol. The molecule has 3 rings (SSSR count). The molecule has 25 heavy (non-hydrogen) atoms. The fourth-order valence-electron chi connectivity index (χ4n) is 3.27. The van der Waals surface area contributed by atoms with Crippen LogP contribution in [0.25, 0.3) is 0 Å². The average molecular weight is 334 g/mol. The van der Waals surface area contributed by atoms with Crippen molar-refractivity contribution in [1.29, 1.82) is 0 Å². The van der Waals surface area contributed by atoms with Gasteiger partial charge in [0.15, 0.2) is 0 Å². The van der Waals surface area contributed by atoms with Gasteiger partial charge in [-0.1, -0.05) is 43.3 Å². The summed E-state index contributed by atoms with van der Waals surface area (Å²) >= 11 is 0. The number of hydrogen-bond donors (Lipinski definition) is 3. The van der Waals surface area contributed by atoms with Crippen LogP contribution in [0.1, 0.15) is 29.2 Å². The van der Waals surface area contributed by atoms with Crippen LogP contribution in [0, 0.1) is 6.92 Å². The van der Waals surface area contributed by atoms with Gasteiger partial charge in [-0.05, 0) is 65.9 Å². The van der Waals surface area contributed by atoms with Crippen molar-refractivity contribution in [3.8, 4) is 17.2 Å². The van der Waals surface area contributed by atoms with Gasteiger partial charge in [-0.3, -0.25) is 0 Å². The number of phenols is 3. The van der Waals surface area contributed by atoms with E-state index in [9.17, 15) is 15.3 Å². The molecule has 0 atom stereocenters. The van der Waals surface area contributed by atoms with Crippen LogP contribution in [0.2, 0.25) is 0 Å². The Morgan fingerprint density at radius 1 is 0.720 bits per heavy atom. The molecule has 3 heteroatoms. The lowest BCUT2D eigenvalue weighted by Gasteiger charge is -2.31. The average Bonchev–Trinajstić information content (AvgIpc) is 2.59. The minimum absolute atomic E-state index is 0.234. The molecule has 3 nitrogen and oxygen atoms in total. The normalized spacial score (nSPS) is 11.4. The van der Waals surface area contributed by atoms with E-state index in [1.54, 1.807) is 30.3 Å². The molecule has 3 aromatic rings. The standard InChI is InChI=1S/C22H22O3/c1-15-13-16(3-12-21(15)25)14-22(2,17-4-8-19(23)9-5-17)18-6-10-20(24)11-7-18/h3-13,23-25H,14H2,1-2H3. The molecule has 0 saturated carbocycles. The van der Waals surface area contributed by atoms with Gasteiger partial charge in [-0.15, -0.1) is 0 Å². The van der Waals surface area contributed by atoms with E-state index in [4.69, 9.17) is 0 Å². The molecule has 0 heterocycles. The van der Waals surface area contributed by atoms with Crippen LogP contribution >= 0.6 is 0 Å². The van der Waals surface area contributed by atoms with Gasteiger partial charge >= 0.3 is 0 Å². The van der Waals surface area contributed by atoms with Gasteiger partial charge in [-0.2, -0.15) is 0 Å². The number of aromatic hydroxyl groups is 3. The van der Waals surface area contributed by atoms with E-state index in [2.05, 4.69) is 6.92 Å². The molecule has 0 bridgehead atoms. The van der Waals surface area contributed by atoms with Gasteiger partial charge in [0.1, 0.15) is 17.2 Å². The molecule has 0 aliphatic rings. The van der Waals surface area contributed by atoms with Gasteiger partial charge in [0, 0.05) is 5.41 Å². The van der Waals surface area contributed by atoms with Crippen LogP contribution < -0.4 is 0 Å². The lowest BCUT2D eigenvalue weighted by molar-refractivity contribution is 0.469. The third kappa shape index (κ3) is 3.45. The van der Waals surface area contributed by atoms with Crippen LogP contribution in [0.4, 0.5) is 0 Å². The topological polar surface area (TPSA) is 60.7 Å². The lowest BCUT2D eigenvalue weighted by Crippen LogP contribution is -2.26. The zero-order valence-electron chi connectivity index (χ0n) is 14.4. The summed E-state index contributed by atoms with van der Waals surface area (Å²) in [5.41, 5.74) is 3.75. The first-order chi connectivity index (χ1) is 11.9. The monoisotopic (exact) mass is 334 g/mol. The minimum atomic E-state index is -0.342. The third-order valence-corrected chi connectivity index (χ3v) is 4.83. The highest BCUT2D eigenvalue weighted by molar-refractivity contribution is 5.45. The fraction of sp³-hybridized carbons (Fsp3) is 0.182. The van der Waals surface area contributed by atoms with Crippen LogP contribution in [-0.2, 0) is 11.8 Å². The number of phenolic OH excluding ortho intramolecular Hbond substituents is 3. The van der Waals surface area contributed by atoms with Crippen LogP contribution in [0.15, 0.2) is 66.7 Å². The second-order valence-electron chi connectivity index (χ2n) is 6.72. The van der Waals surface area contributed by atoms with Gasteiger partial charge < -0.3 is 15.3 Å². The van der Waals surface area contributed by atoms with Crippen molar-refractivity contribution in [2.24, 2.45) is 0 Å². The second kappa shape index (κ2) is 6.52. The first-order valence-corrected chi connectivity index (χ1v) is 8.26. The Morgan fingerprint density at radius 3 is 1.64 bits per heavy atom. The Balaban J connectivity index is 2.09. The predicted molar refractivity (Wildman–Crippen MR) is 99.2 cm³/mol. The summed E-state index contributed by atoms with van der Waals surface area (Å²) in [5, 5.41) is 29.0. The van der Waals surface area contributed by atoms with E-state index < -0.39 is 0 Å². The Morgan fingerprint density at radius 2 is 1.20 bits per heavy atom. The maximum Gasteiger partial charge on any atom is 0.118 e. The molecule has 0 spiro atoms. The number of benzene rings is 3. The quantitative estimate of drug-likeness (QED) is 0.650. The maximum absolute atomic E-state index is 9.78. The summed E-state index contributed by atoms with van der Waals surface area (Å²) in [7, 11) is 0. The highest BCUT2D eigenvalue weighted by Gasteiger charge is 2.29. The molecular formula is C22H22O3. The summed E-state index contributed by atoms with van der Waals surface area (Å²) in [6.07, 6.45) is 0.726. The Kier molecular flexibility index (Phi) is 4.41. The van der Waals surface area contributed by atoms with Crippen LogP contribution in [0.3, 0.4) is 0 Å². The van der Waals surface area contributed by atoms with Crippen LogP contribution in [-0.4, -0.2) is 15.3 Å². The Hall–Kier alpha value is -2.94. The predicted octanol–water partition coefficient (Wildman–Crippen LogP) is 4.66. The molecule has 0 radical (unpaired) electrons. The molecule has 128 valence electrons. The zero-order chi connectivity index (χ0) is 18.0. The molecule has 0 aliphatic carbocycles. The highest BCUT2D eigenvalue weighted by atomic mass is 16.3. The summed E-state index contributed by atoms with van der Waals surface area (Å²) in [6.45, 7) is 4.03. The van der Waals surface area contributed by atoms with Gasteiger partial charge in [-0.25, -0.2) is 0 Å². The molecule has 3 N–H and O–H groups in total. The van der Waals surface area contributed by atoms with Crippen molar-refractivity contribution in [3.05, 3.63) is 89.0 Å². The first-order valence-electron chi connectivity index (χ1n) is 8.26. The smallest absolute Gasteiger partial charge is 0.118 e. The van der Waals surface area contributed by atoms with Gasteiger partial charge in [0.2, 0.25) is 0 Å². The van der Waals surface area contributed by atoms with Crippen molar-refractivity contribution in [2.75, 3.05) is 0 Å². The first kappa shape index (κ1) is 16.9. The van der Waals surface area contributed by atoms with Crippen molar-refractivity contribution in [2.45, 2.75) is 25.7 Å². The minimum Gasteiger partial charge on any atom is -0.508 e. The van der Waals surface area contributed by atoms with E-state index in [-0.39, 0.29) is 16.9 Å². The maximum atomic E-state index is 9.78. The molecule has 0 fully saturated rings. The van der Waals surface area contributed by atoms with Gasteiger partial charge in [0.25, 0.3) is 0 Å². The largest absolute Gasteiger partial charge is 0.508 e. The van der Waals surface area contributed by atoms with E-state index in [0.29, 0.717) is 5.75 Å². The number of aryl methyl sites for hydroxylation is 1. The third-order valence-electron chi connectivity index (χ3n) is 4.83. The number of hydrogen-bond acceptors (Lipinski definition) is 3. The lowest BCUT2D eigenvalue weighted by atomic mass is 9.72. The molecule has 0 aliphatic heterocycles. The van der Waals surface area contributed by atoms with Crippen molar-refractivity contribution in [1.82, 2.24) is 0 Å². The van der Waals surface area contributed by atoms with Gasteiger partial charge in [0.05, 0.1) is 0 Å². The van der Waals surface area contributed by atoms with E-state index in [1.165, 1.54) is 0 Å². The summed E-state index contributed by atoms with van der Waals surface area (Å²) in [6, 6.07) is 20.1. The summed E-state index contributed by atoms with van der Waals surface area (Å²) in [5.74, 6) is 0.759. The Labute approximate surface area is 147 Å². The summed E-state index contributed by atoms with van der Waals surface area (Å²) in [4.78, 5) is 0. The van der Waals surface area contributed by atoms with Crippen molar-refractivity contribution in [3.63, 3.8) is 0 Å². The molecule has 0 aromatic heterocycles. The molecule has 0 amide bonds. The molecule has 0 unspecified atom stereocenters. The molecule has 0 saturated heterocycles. The fourth-order valence-corrected chi connectivity index (χ4v) is 3.27. The van der Waals surface area contributed by atoms with Crippen molar-refractivity contribution >= 4 is 0 Å². The van der Waals surface area contributed by atoms with E-state index in [1.807, 2.05) is 43.3 Å². The number of rotatable bonds is 4. The highest BCUT2D eigenvalue weighted by Crippen LogP contribution is 2.37.